The molecular weight excluding hydrogens is 270 g/mol. The van der Waals surface area contributed by atoms with Crippen LogP contribution in [-0.2, 0) is 9.84 Å². The van der Waals surface area contributed by atoms with Crippen LogP contribution in [0.25, 0.3) is 0 Å². The Morgan fingerprint density at radius 1 is 1.00 bits per heavy atom. The lowest BCUT2D eigenvalue weighted by molar-refractivity contribution is -0.385. The second kappa shape index (κ2) is 3.79. The van der Waals surface area contributed by atoms with Gasteiger partial charge in [-0.05, 0) is 18.2 Å². The van der Waals surface area contributed by atoms with Gasteiger partial charge in [-0.15, -0.1) is 0 Å². The summed E-state index contributed by atoms with van der Waals surface area (Å²) in [6.45, 7) is 0. The van der Waals surface area contributed by atoms with Crippen molar-refractivity contribution in [2.75, 3.05) is 0 Å². The first-order chi connectivity index (χ1) is 9.00. The topological polar surface area (TPSA) is 86.5 Å². The summed E-state index contributed by atoms with van der Waals surface area (Å²) < 4.78 is 30.2. The molecule has 0 atom stereocenters. The van der Waals surface area contributed by atoms with Gasteiger partial charge in [-0.1, -0.05) is 12.1 Å². The molecule has 0 aliphatic carbocycles. The minimum absolute atomic E-state index is 0.0167. The summed E-state index contributed by atoms with van der Waals surface area (Å²) in [4.78, 5) is 9.91. The number of hydrogen-bond donors (Lipinski definition) is 0. The summed E-state index contributed by atoms with van der Waals surface area (Å²) in [5, 5.41) is 10.7. The van der Waals surface area contributed by atoms with Crippen molar-refractivity contribution in [3.05, 3.63) is 52.6 Å². The number of nitro benzene ring substituents is 1. The standard InChI is InChI=1S/C12H7NO5S/c14-13(15)8-5-6-10-12(7-8)19(16,17)11-4-2-1-3-9(11)18-10/h1-7H. The van der Waals surface area contributed by atoms with Gasteiger partial charge in [-0.2, -0.15) is 0 Å². The van der Waals surface area contributed by atoms with E-state index in [-0.39, 0.29) is 27.0 Å². The van der Waals surface area contributed by atoms with Gasteiger partial charge in [0.2, 0.25) is 9.84 Å². The molecule has 96 valence electrons. The first-order valence-corrected chi connectivity index (χ1v) is 6.79. The summed E-state index contributed by atoms with van der Waals surface area (Å²) >= 11 is 0. The molecule has 3 rings (SSSR count). The Morgan fingerprint density at radius 2 is 1.68 bits per heavy atom. The number of non-ortho nitro benzene ring substituents is 1. The average molecular weight is 277 g/mol. The molecule has 0 saturated heterocycles. The van der Waals surface area contributed by atoms with Crippen LogP contribution in [0, 0.1) is 10.1 Å². The van der Waals surface area contributed by atoms with Crippen molar-refractivity contribution in [1.29, 1.82) is 0 Å². The zero-order valence-corrected chi connectivity index (χ0v) is 10.3. The van der Waals surface area contributed by atoms with Gasteiger partial charge in [-0.3, -0.25) is 10.1 Å². The fourth-order valence-corrected chi connectivity index (χ4v) is 3.42. The number of hydrogen-bond acceptors (Lipinski definition) is 5. The minimum atomic E-state index is -3.79. The number of ether oxygens (including phenoxy) is 1. The van der Waals surface area contributed by atoms with Gasteiger partial charge in [0, 0.05) is 12.1 Å². The Kier molecular flexibility index (Phi) is 2.33. The van der Waals surface area contributed by atoms with Crippen LogP contribution in [-0.4, -0.2) is 13.3 Å². The van der Waals surface area contributed by atoms with Crippen LogP contribution in [0.1, 0.15) is 0 Å². The van der Waals surface area contributed by atoms with E-state index < -0.39 is 14.8 Å². The van der Waals surface area contributed by atoms with E-state index in [9.17, 15) is 18.5 Å². The molecule has 1 heterocycles. The summed E-state index contributed by atoms with van der Waals surface area (Å²) in [7, 11) is -3.79. The average Bonchev–Trinajstić information content (AvgIpc) is 2.38. The fourth-order valence-electron chi connectivity index (χ4n) is 1.90. The molecule has 2 aromatic rings. The van der Waals surface area contributed by atoms with Gasteiger partial charge in [0.15, 0.2) is 0 Å². The number of fused-ring (bicyclic) bond motifs is 2. The minimum Gasteiger partial charge on any atom is -0.455 e. The van der Waals surface area contributed by atoms with E-state index in [0.717, 1.165) is 6.07 Å². The third-order valence-electron chi connectivity index (χ3n) is 2.79. The molecular formula is C12H7NO5S. The second-order valence-corrected chi connectivity index (χ2v) is 5.83. The highest BCUT2D eigenvalue weighted by atomic mass is 32.2. The highest BCUT2D eigenvalue weighted by molar-refractivity contribution is 7.91. The lowest BCUT2D eigenvalue weighted by Gasteiger charge is -2.19. The van der Waals surface area contributed by atoms with Crippen LogP contribution < -0.4 is 4.74 Å². The van der Waals surface area contributed by atoms with E-state index in [1.165, 1.54) is 24.3 Å². The Bertz CT molecular complexity index is 798. The predicted octanol–water partition coefficient (Wildman–Crippen LogP) is 2.53. The van der Waals surface area contributed by atoms with Crippen molar-refractivity contribution in [3.8, 4) is 11.5 Å². The predicted molar refractivity (Wildman–Crippen MR) is 65.1 cm³/mol. The van der Waals surface area contributed by atoms with E-state index >= 15 is 0 Å². The Hall–Kier alpha value is -2.41. The smallest absolute Gasteiger partial charge is 0.271 e. The molecule has 0 aromatic heterocycles. The Balaban J connectivity index is 2.29. The maximum atomic E-state index is 12.4. The zero-order valence-electron chi connectivity index (χ0n) is 9.44. The van der Waals surface area contributed by atoms with Crippen LogP contribution in [0.15, 0.2) is 52.3 Å². The molecule has 0 saturated carbocycles. The SMILES string of the molecule is O=[N+]([O-])c1ccc2c(c1)S(=O)(=O)c1ccccc1O2. The largest absolute Gasteiger partial charge is 0.455 e. The lowest BCUT2D eigenvalue weighted by Crippen LogP contribution is -2.11. The summed E-state index contributed by atoms with van der Waals surface area (Å²) in [6.07, 6.45) is 0. The van der Waals surface area contributed by atoms with Gasteiger partial charge < -0.3 is 4.74 Å². The van der Waals surface area contributed by atoms with Crippen LogP contribution in [0.2, 0.25) is 0 Å². The quantitative estimate of drug-likeness (QED) is 0.504. The second-order valence-electron chi connectivity index (χ2n) is 3.94. The normalized spacial score (nSPS) is 14.9. The van der Waals surface area contributed by atoms with Crippen LogP contribution in [0.3, 0.4) is 0 Å². The molecule has 0 fully saturated rings. The van der Waals surface area contributed by atoms with E-state index in [0.29, 0.717) is 0 Å². The highest BCUT2D eigenvalue weighted by Gasteiger charge is 2.32. The molecule has 0 radical (unpaired) electrons. The maximum absolute atomic E-state index is 12.4. The van der Waals surface area contributed by atoms with Crippen LogP contribution in [0.4, 0.5) is 5.69 Å². The monoisotopic (exact) mass is 277 g/mol. The van der Waals surface area contributed by atoms with E-state index in [4.69, 9.17) is 4.74 Å². The fraction of sp³-hybridized carbons (Fsp3) is 0. The molecule has 19 heavy (non-hydrogen) atoms. The summed E-state index contributed by atoms with van der Waals surface area (Å²) in [6, 6.07) is 9.69. The first kappa shape index (κ1) is 11.7. The number of para-hydroxylation sites is 1. The first-order valence-electron chi connectivity index (χ1n) is 5.30. The highest BCUT2D eigenvalue weighted by Crippen LogP contribution is 2.43. The summed E-state index contributed by atoms with van der Waals surface area (Å²) in [5.74, 6) is 0.327. The zero-order chi connectivity index (χ0) is 13.6. The van der Waals surface area contributed by atoms with Crippen LogP contribution in [0.5, 0.6) is 11.5 Å². The molecule has 2 aromatic carbocycles. The van der Waals surface area contributed by atoms with E-state index in [1.807, 2.05) is 0 Å². The van der Waals surface area contributed by atoms with Gasteiger partial charge in [0.05, 0.1) is 4.92 Å². The van der Waals surface area contributed by atoms with Crippen molar-refractivity contribution >= 4 is 15.5 Å². The van der Waals surface area contributed by atoms with Gasteiger partial charge >= 0.3 is 0 Å². The molecule has 1 aliphatic heterocycles. The lowest BCUT2D eigenvalue weighted by atomic mass is 10.3. The number of nitro groups is 1. The molecule has 0 bridgehead atoms. The molecule has 1 aliphatic rings. The molecule has 0 spiro atoms. The third kappa shape index (κ3) is 1.66. The van der Waals surface area contributed by atoms with Crippen molar-refractivity contribution in [3.63, 3.8) is 0 Å². The van der Waals surface area contributed by atoms with Crippen molar-refractivity contribution in [1.82, 2.24) is 0 Å². The molecule has 6 nitrogen and oxygen atoms in total. The summed E-state index contributed by atoms with van der Waals surface area (Å²) in [5.41, 5.74) is -0.287. The number of sulfone groups is 1. The van der Waals surface area contributed by atoms with Crippen LogP contribution >= 0.6 is 0 Å². The van der Waals surface area contributed by atoms with Crippen molar-refractivity contribution in [2.45, 2.75) is 9.79 Å². The molecule has 0 amide bonds. The third-order valence-corrected chi connectivity index (χ3v) is 4.60. The van der Waals surface area contributed by atoms with Gasteiger partial charge in [-0.25, -0.2) is 8.42 Å². The van der Waals surface area contributed by atoms with Crippen molar-refractivity contribution < 1.29 is 18.1 Å². The van der Waals surface area contributed by atoms with Gasteiger partial charge in [0.1, 0.15) is 21.3 Å². The van der Waals surface area contributed by atoms with Crippen molar-refractivity contribution in [2.24, 2.45) is 0 Å². The Morgan fingerprint density at radius 3 is 2.42 bits per heavy atom. The number of nitrogens with zero attached hydrogens (tertiary/aromatic N) is 1. The molecule has 0 N–H and O–H groups in total. The van der Waals surface area contributed by atoms with E-state index in [1.54, 1.807) is 12.1 Å². The number of rotatable bonds is 1. The number of benzene rings is 2. The molecule has 7 heteroatoms. The molecule has 0 unspecified atom stereocenters. The van der Waals surface area contributed by atoms with E-state index in [2.05, 4.69) is 0 Å². The Labute approximate surface area is 108 Å². The van der Waals surface area contributed by atoms with Gasteiger partial charge in [0.25, 0.3) is 5.69 Å². The maximum Gasteiger partial charge on any atom is 0.271 e.